The van der Waals surface area contributed by atoms with Gasteiger partial charge in [-0.05, 0) is 105 Å². The van der Waals surface area contributed by atoms with Gasteiger partial charge in [-0.3, -0.25) is 34.0 Å². The molecule has 4 aromatic rings. The molecule has 0 spiro atoms. The van der Waals surface area contributed by atoms with Gasteiger partial charge in [0.25, 0.3) is 5.91 Å². The number of likely N-dealkylation sites (tertiary alicyclic amines) is 1. The molecule has 3 N–H and O–H groups in total. The van der Waals surface area contributed by atoms with Crippen LogP contribution in [0.15, 0.2) is 54.7 Å². The largest absolute Gasteiger partial charge is 0.508 e. The van der Waals surface area contributed by atoms with Crippen molar-refractivity contribution in [3.63, 3.8) is 0 Å². The Bertz CT molecular complexity index is 2460. The summed E-state index contributed by atoms with van der Waals surface area (Å²) in [4.78, 5) is 77.3. The highest BCUT2D eigenvalue weighted by Gasteiger charge is 2.41. The number of aromatic nitrogens is 2. The van der Waals surface area contributed by atoms with E-state index in [1.807, 2.05) is 45.9 Å². The lowest BCUT2D eigenvalue weighted by Gasteiger charge is -2.37. The van der Waals surface area contributed by atoms with Crippen molar-refractivity contribution in [2.75, 3.05) is 40.4 Å². The first kappa shape index (κ1) is 47.2. The summed E-state index contributed by atoms with van der Waals surface area (Å²) in [6.45, 7) is 15.6. The van der Waals surface area contributed by atoms with E-state index in [2.05, 4.69) is 54.3 Å². The van der Waals surface area contributed by atoms with Crippen LogP contribution >= 0.6 is 0 Å². The predicted octanol–water partition coefficient (Wildman–Crippen LogP) is 5.80. The van der Waals surface area contributed by atoms with Crippen molar-refractivity contribution in [1.29, 1.82) is 0 Å². The second-order valence-electron chi connectivity index (χ2n) is 19.0. The van der Waals surface area contributed by atoms with Crippen LogP contribution in [0.1, 0.15) is 90.7 Å². The second-order valence-corrected chi connectivity index (χ2v) is 19.0. The van der Waals surface area contributed by atoms with E-state index in [4.69, 9.17) is 14.5 Å². The van der Waals surface area contributed by atoms with Crippen LogP contribution in [0.25, 0.3) is 33.3 Å². The molecule has 2 aromatic heterocycles. The van der Waals surface area contributed by atoms with Crippen LogP contribution in [-0.4, -0.2) is 118 Å². The third-order valence-corrected chi connectivity index (χ3v) is 13.3. The molecule has 3 aliphatic heterocycles. The summed E-state index contributed by atoms with van der Waals surface area (Å²) in [6, 6.07) is 12.5. The average molecular weight is 892 g/mol. The van der Waals surface area contributed by atoms with Crippen molar-refractivity contribution in [3.05, 3.63) is 71.5 Å². The van der Waals surface area contributed by atoms with Gasteiger partial charge in [0.1, 0.15) is 23.9 Å². The standard InChI is InChI=1S/C50H65N7O8/c1-10-55-27-34(25-42(55)59)47(61)54(8)44(29(3)4)46(60)52-40-22-31-20-33(23-35(58)21-31)32-16-17-41-37(24-32)38(45(56(41)11-2)36-14-12-18-51-43(36)30(5)64-9)26-50(6,7)28-65-49(63)39-15-13-19-57(53-39)48(40)62/h12,14,16-18,20-21,23-24,29-30,34,39-40,44,53,58H,10-11,13,15,19,22,25-28H2,1-9H3,(H,52,60)/t30?,34?,39-,40?,44?/m0/s1. The van der Waals surface area contributed by atoms with E-state index in [1.165, 1.54) is 9.91 Å². The number of carbonyl (C=O) groups excluding carboxylic acids is 5. The Morgan fingerprint density at radius 3 is 2.51 bits per heavy atom. The summed E-state index contributed by atoms with van der Waals surface area (Å²) in [7, 11) is 3.24. The van der Waals surface area contributed by atoms with Crippen LogP contribution < -0.4 is 10.7 Å². The summed E-state index contributed by atoms with van der Waals surface area (Å²) >= 11 is 0. The highest BCUT2D eigenvalue weighted by atomic mass is 16.5. The van der Waals surface area contributed by atoms with Crippen LogP contribution in [0.5, 0.6) is 5.75 Å². The van der Waals surface area contributed by atoms with Crippen molar-refractivity contribution < 1.29 is 38.6 Å². The molecule has 65 heavy (non-hydrogen) atoms. The number of aromatic hydroxyl groups is 1. The average Bonchev–Trinajstić information content (AvgIpc) is 3.82. The van der Waals surface area contributed by atoms with Gasteiger partial charge in [0, 0.05) is 81.3 Å². The van der Waals surface area contributed by atoms with Gasteiger partial charge in [0.15, 0.2) is 0 Å². The molecule has 2 fully saturated rings. The molecule has 0 aliphatic carbocycles. The number of aryl methyl sites for hydroxylation is 1. The van der Waals surface area contributed by atoms with Gasteiger partial charge < -0.3 is 34.3 Å². The Balaban J connectivity index is 1.32. The lowest BCUT2D eigenvalue weighted by Crippen LogP contribution is -2.62. The number of benzene rings is 2. The minimum atomic E-state index is -1.16. The number of nitrogens with one attached hydrogen (secondary N) is 2. The van der Waals surface area contributed by atoms with Gasteiger partial charge in [0.2, 0.25) is 17.7 Å². The summed E-state index contributed by atoms with van der Waals surface area (Å²) in [5.41, 5.74) is 9.54. The van der Waals surface area contributed by atoms with Gasteiger partial charge in [-0.25, -0.2) is 5.43 Å². The molecular weight excluding hydrogens is 827 g/mol. The zero-order valence-electron chi connectivity index (χ0n) is 39.3. The van der Waals surface area contributed by atoms with Crippen LogP contribution in [-0.2, 0) is 52.8 Å². The number of fused-ring (bicyclic) bond motifs is 6. The zero-order valence-corrected chi connectivity index (χ0v) is 39.3. The Labute approximate surface area is 381 Å². The molecule has 348 valence electrons. The van der Waals surface area contributed by atoms with Crippen molar-refractivity contribution in [3.8, 4) is 28.1 Å². The molecule has 3 aliphatic rings. The predicted molar refractivity (Wildman–Crippen MR) is 247 cm³/mol. The Hall–Kier alpha value is -5.80. The first-order valence-electron chi connectivity index (χ1n) is 23.0. The van der Waals surface area contributed by atoms with Gasteiger partial charge >= 0.3 is 5.97 Å². The number of amides is 4. The van der Waals surface area contributed by atoms with Gasteiger partial charge in [-0.15, -0.1) is 0 Å². The number of methoxy groups -OCH3 is 1. The monoisotopic (exact) mass is 891 g/mol. The Morgan fingerprint density at radius 2 is 1.82 bits per heavy atom. The number of phenolic OH excluding ortho intramolecular Hbond substituents is 1. The van der Waals surface area contributed by atoms with Gasteiger partial charge in [-0.2, -0.15) is 0 Å². The fraction of sp³-hybridized carbons (Fsp3) is 0.520. The lowest BCUT2D eigenvalue weighted by atomic mass is 9.84. The number of hydrazine groups is 1. The maximum absolute atomic E-state index is 14.7. The first-order chi connectivity index (χ1) is 30.9. The van der Waals surface area contributed by atoms with Crippen molar-refractivity contribution in [1.82, 2.24) is 35.1 Å². The molecule has 5 atom stereocenters. The molecule has 2 aromatic carbocycles. The number of hydrogen-bond donors (Lipinski definition) is 3. The number of phenols is 1. The molecular formula is C50H65N7O8. The second kappa shape index (κ2) is 19.4. The molecule has 2 saturated heterocycles. The van der Waals surface area contributed by atoms with Crippen molar-refractivity contribution >= 4 is 40.5 Å². The fourth-order valence-corrected chi connectivity index (χ4v) is 9.92. The van der Waals surface area contributed by atoms with Crippen LogP contribution in [0.2, 0.25) is 0 Å². The van der Waals surface area contributed by atoms with E-state index in [0.717, 1.165) is 39.0 Å². The number of likely N-dealkylation sites (N-methyl/N-ethyl adjacent to an activating group) is 1. The number of rotatable bonds is 10. The third kappa shape index (κ3) is 9.77. The molecule has 4 amide bonds. The van der Waals surface area contributed by atoms with E-state index in [9.17, 15) is 29.1 Å². The van der Waals surface area contributed by atoms with E-state index in [1.54, 1.807) is 37.4 Å². The minimum absolute atomic E-state index is 0.0101. The smallest absolute Gasteiger partial charge is 0.324 e. The maximum atomic E-state index is 14.7. The molecule has 5 heterocycles. The number of cyclic esters (lactones) is 1. The lowest BCUT2D eigenvalue weighted by molar-refractivity contribution is -0.155. The quantitative estimate of drug-likeness (QED) is 0.165. The van der Waals surface area contributed by atoms with E-state index in [0.29, 0.717) is 43.5 Å². The summed E-state index contributed by atoms with van der Waals surface area (Å²) in [6.07, 6.45) is 3.05. The first-order valence-corrected chi connectivity index (χ1v) is 23.0. The Kier molecular flexibility index (Phi) is 14.0. The van der Waals surface area contributed by atoms with Crippen LogP contribution in [0.4, 0.5) is 0 Å². The van der Waals surface area contributed by atoms with Gasteiger partial charge in [-0.1, -0.05) is 39.8 Å². The summed E-state index contributed by atoms with van der Waals surface area (Å²) < 4.78 is 14.2. The molecule has 4 unspecified atom stereocenters. The van der Waals surface area contributed by atoms with E-state index >= 15 is 0 Å². The van der Waals surface area contributed by atoms with E-state index < -0.39 is 47.2 Å². The highest BCUT2D eigenvalue weighted by molar-refractivity contribution is 5.96. The summed E-state index contributed by atoms with van der Waals surface area (Å²) in [5.74, 6) is -2.85. The highest BCUT2D eigenvalue weighted by Crippen LogP contribution is 2.42. The Morgan fingerprint density at radius 1 is 1.05 bits per heavy atom. The number of hydrogen-bond acceptors (Lipinski definition) is 10. The number of ether oxygens (including phenoxy) is 2. The van der Waals surface area contributed by atoms with Crippen LogP contribution in [0, 0.1) is 17.3 Å². The molecule has 6 bridgehead atoms. The topological polar surface area (TPSA) is 176 Å². The number of esters is 1. The van der Waals surface area contributed by atoms with E-state index in [-0.39, 0.29) is 62.1 Å². The molecule has 0 radical (unpaired) electrons. The fourth-order valence-electron chi connectivity index (χ4n) is 9.92. The van der Waals surface area contributed by atoms with Crippen molar-refractivity contribution in [2.45, 2.75) is 111 Å². The molecule has 0 saturated carbocycles. The van der Waals surface area contributed by atoms with Crippen molar-refractivity contribution in [2.24, 2.45) is 17.3 Å². The molecule has 15 heteroatoms. The number of pyridine rings is 1. The number of nitrogens with zero attached hydrogens (tertiary/aromatic N) is 5. The normalized spacial score (nSPS) is 21.3. The third-order valence-electron chi connectivity index (χ3n) is 13.3. The van der Waals surface area contributed by atoms with Crippen LogP contribution in [0.3, 0.4) is 0 Å². The minimum Gasteiger partial charge on any atom is -0.508 e. The molecule has 15 nitrogen and oxygen atoms in total. The number of carbonyl (C=O) groups is 5. The molecule has 7 rings (SSSR count). The zero-order chi connectivity index (χ0) is 46.9. The summed E-state index contributed by atoms with van der Waals surface area (Å²) in [5, 5.41) is 16.7. The SMILES string of the molecule is CCN1CC(C(=O)N(C)C(C(=O)NC2Cc3cc(O)cc(c3)-c3ccc4c(c3)c(c(-c3cccnc3C(C)OC)n4CC)CC(C)(C)COC(=O)[C@@H]3CCCN(N3)C2=O)C(C)C)CC1=O. The van der Waals surface area contributed by atoms with Gasteiger partial charge in [0.05, 0.1) is 30.0 Å². The maximum Gasteiger partial charge on any atom is 0.324 e.